The highest BCUT2D eigenvalue weighted by Crippen LogP contribution is 2.09. The molecule has 0 spiro atoms. The molecule has 2 atom stereocenters. The van der Waals surface area contributed by atoms with Crippen molar-refractivity contribution in [2.75, 3.05) is 13.6 Å². The normalized spacial score (nSPS) is 16.3. The highest BCUT2D eigenvalue weighted by atomic mass is 16.3. The predicted octanol–water partition coefficient (Wildman–Crippen LogP) is 2.51. The molecule has 86 valence electrons. The van der Waals surface area contributed by atoms with Gasteiger partial charge in [-0.15, -0.1) is 0 Å². The SMILES string of the molecule is CCC(O)CCCN(C)C(C)C(C)C. The maximum atomic E-state index is 9.40. The van der Waals surface area contributed by atoms with Gasteiger partial charge in [-0.05, 0) is 45.7 Å². The first-order chi connectivity index (χ1) is 6.49. The lowest BCUT2D eigenvalue weighted by atomic mass is 10.0. The molecule has 14 heavy (non-hydrogen) atoms. The zero-order valence-electron chi connectivity index (χ0n) is 10.5. The first kappa shape index (κ1) is 13.9. The van der Waals surface area contributed by atoms with E-state index >= 15 is 0 Å². The van der Waals surface area contributed by atoms with Gasteiger partial charge >= 0.3 is 0 Å². The summed E-state index contributed by atoms with van der Waals surface area (Å²) >= 11 is 0. The van der Waals surface area contributed by atoms with Crippen LogP contribution in [0.3, 0.4) is 0 Å². The highest BCUT2D eigenvalue weighted by molar-refractivity contribution is 4.67. The molecular weight excluding hydrogens is 174 g/mol. The van der Waals surface area contributed by atoms with Crippen LogP contribution in [0.15, 0.2) is 0 Å². The zero-order valence-corrected chi connectivity index (χ0v) is 10.5. The molecular formula is C12H27NO. The second-order valence-electron chi connectivity index (χ2n) is 4.67. The molecule has 2 heteroatoms. The summed E-state index contributed by atoms with van der Waals surface area (Å²) in [4.78, 5) is 2.38. The number of hydrogen-bond acceptors (Lipinski definition) is 2. The number of hydrogen-bond donors (Lipinski definition) is 1. The van der Waals surface area contributed by atoms with Crippen molar-refractivity contribution < 1.29 is 5.11 Å². The van der Waals surface area contributed by atoms with Crippen molar-refractivity contribution in [3.05, 3.63) is 0 Å². The van der Waals surface area contributed by atoms with E-state index in [0.29, 0.717) is 12.0 Å². The summed E-state index contributed by atoms with van der Waals surface area (Å²) in [5.41, 5.74) is 0. The summed E-state index contributed by atoms with van der Waals surface area (Å²) in [7, 11) is 2.17. The van der Waals surface area contributed by atoms with Crippen LogP contribution in [-0.2, 0) is 0 Å². The van der Waals surface area contributed by atoms with Gasteiger partial charge in [0, 0.05) is 6.04 Å². The van der Waals surface area contributed by atoms with Crippen molar-refractivity contribution in [1.29, 1.82) is 0 Å². The smallest absolute Gasteiger partial charge is 0.0538 e. The fourth-order valence-electron chi connectivity index (χ4n) is 1.49. The van der Waals surface area contributed by atoms with Crippen molar-refractivity contribution >= 4 is 0 Å². The molecule has 0 fully saturated rings. The third-order valence-electron chi connectivity index (χ3n) is 3.18. The lowest BCUT2D eigenvalue weighted by Gasteiger charge is -2.28. The molecule has 0 bridgehead atoms. The molecule has 2 nitrogen and oxygen atoms in total. The Labute approximate surface area is 89.3 Å². The molecule has 0 aliphatic rings. The summed E-state index contributed by atoms with van der Waals surface area (Å²) in [6.45, 7) is 9.90. The Morgan fingerprint density at radius 2 is 1.79 bits per heavy atom. The van der Waals surface area contributed by atoms with Gasteiger partial charge in [-0.25, -0.2) is 0 Å². The minimum atomic E-state index is -0.0993. The lowest BCUT2D eigenvalue weighted by molar-refractivity contribution is 0.143. The molecule has 0 saturated heterocycles. The average Bonchev–Trinajstić information content (AvgIpc) is 2.15. The van der Waals surface area contributed by atoms with Gasteiger partial charge in [0.05, 0.1) is 6.10 Å². The van der Waals surface area contributed by atoms with Gasteiger partial charge in [0.25, 0.3) is 0 Å². The molecule has 0 aromatic rings. The van der Waals surface area contributed by atoms with Gasteiger partial charge in [0.15, 0.2) is 0 Å². The summed E-state index contributed by atoms with van der Waals surface area (Å²) < 4.78 is 0. The van der Waals surface area contributed by atoms with Gasteiger partial charge in [-0.1, -0.05) is 20.8 Å². The van der Waals surface area contributed by atoms with Gasteiger partial charge in [-0.3, -0.25) is 0 Å². The first-order valence-electron chi connectivity index (χ1n) is 5.87. The van der Waals surface area contributed by atoms with Crippen LogP contribution >= 0.6 is 0 Å². The Bertz CT molecular complexity index is 136. The predicted molar refractivity (Wildman–Crippen MR) is 62.5 cm³/mol. The highest BCUT2D eigenvalue weighted by Gasteiger charge is 2.12. The van der Waals surface area contributed by atoms with Crippen LogP contribution in [0.4, 0.5) is 0 Å². The van der Waals surface area contributed by atoms with Crippen LogP contribution < -0.4 is 0 Å². The van der Waals surface area contributed by atoms with Crippen LogP contribution in [0.5, 0.6) is 0 Å². The molecule has 1 N–H and O–H groups in total. The van der Waals surface area contributed by atoms with E-state index in [1.807, 2.05) is 6.92 Å². The van der Waals surface area contributed by atoms with Gasteiger partial charge in [0.1, 0.15) is 0 Å². The standard InChI is InChI=1S/C12H27NO/c1-6-12(14)8-7-9-13(5)11(4)10(2)3/h10-12,14H,6-9H2,1-5H3. The Balaban J connectivity index is 3.58. The lowest BCUT2D eigenvalue weighted by Crippen LogP contribution is -2.34. The number of aliphatic hydroxyl groups excluding tert-OH is 1. The summed E-state index contributed by atoms with van der Waals surface area (Å²) in [6, 6.07) is 0.633. The van der Waals surface area contributed by atoms with E-state index in [1.165, 1.54) is 0 Å². The number of rotatable bonds is 7. The van der Waals surface area contributed by atoms with Crippen molar-refractivity contribution in [1.82, 2.24) is 4.90 Å². The van der Waals surface area contributed by atoms with E-state index in [-0.39, 0.29) is 6.10 Å². The molecule has 0 rings (SSSR count). The third-order valence-corrected chi connectivity index (χ3v) is 3.18. The summed E-state index contributed by atoms with van der Waals surface area (Å²) in [5.74, 6) is 0.705. The Hall–Kier alpha value is -0.0800. The fraction of sp³-hybridized carbons (Fsp3) is 1.00. The fourth-order valence-corrected chi connectivity index (χ4v) is 1.49. The maximum Gasteiger partial charge on any atom is 0.0538 e. The molecule has 0 aliphatic heterocycles. The second-order valence-corrected chi connectivity index (χ2v) is 4.67. The third kappa shape index (κ3) is 5.61. The topological polar surface area (TPSA) is 23.5 Å². The Kier molecular flexibility index (Phi) is 7.20. The number of aliphatic hydroxyl groups is 1. The van der Waals surface area contributed by atoms with E-state index in [4.69, 9.17) is 0 Å². The second kappa shape index (κ2) is 7.24. The van der Waals surface area contributed by atoms with Crippen molar-refractivity contribution in [3.63, 3.8) is 0 Å². The zero-order chi connectivity index (χ0) is 11.1. The van der Waals surface area contributed by atoms with Gasteiger partial charge in [-0.2, -0.15) is 0 Å². The molecule has 0 saturated carbocycles. The molecule has 2 unspecified atom stereocenters. The largest absolute Gasteiger partial charge is 0.393 e. The molecule has 0 heterocycles. The van der Waals surface area contributed by atoms with E-state index in [9.17, 15) is 5.11 Å². The Morgan fingerprint density at radius 3 is 2.21 bits per heavy atom. The van der Waals surface area contributed by atoms with E-state index < -0.39 is 0 Å². The van der Waals surface area contributed by atoms with Crippen LogP contribution in [0.25, 0.3) is 0 Å². The van der Waals surface area contributed by atoms with Crippen molar-refractivity contribution in [3.8, 4) is 0 Å². The Morgan fingerprint density at radius 1 is 1.21 bits per heavy atom. The molecule has 0 amide bonds. The average molecular weight is 201 g/mol. The molecule has 0 aromatic carbocycles. The van der Waals surface area contributed by atoms with Gasteiger partial charge < -0.3 is 10.0 Å². The van der Waals surface area contributed by atoms with E-state index in [2.05, 4.69) is 32.7 Å². The number of nitrogens with zero attached hydrogens (tertiary/aromatic N) is 1. The van der Waals surface area contributed by atoms with Crippen molar-refractivity contribution in [2.45, 2.75) is 59.1 Å². The molecule has 0 aliphatic carbocycles. The van der Waals surface area contributed by atoms with E-state index in [0.717, 1.165) is 25.8 Å². The minimum absolute atomic E-state index is 0.0993. The van der Waals surface area contributed by atoms with Crippen LogP contribution in [0.2, 0.25) is 0 Å². The summed E-state index contributed by atoms with van der Waals surface area (Å²) in [5, 5.41) is 9.40. The van der Waals surface area contributed by atoms with Crippen LogP contribution in [0.1, 0.15) is 47.0 Å². The summed E-state index contributed by atoms with van der Waals surface area (Å²) in [6.07, 6.45) is 2.82. The van der Waals surface area contributed by atoms with Crippen molar-refractivity contribution in [2.24, 2.45) is 5.92 Å². The first-order valence-corrected chi connectivity index (χ1v) is 5.87. The van der Waals surface area contributed by atoms with Gasteiger partial charge in [0.2, 0.25) is 0 Å². The van der Waals surface area contributed by atoms with Crippen LogP contribution in [0, 0.1) is 5.92 Å². The van der Waals surface area contributed by atoms with E-state index in [1.54, 1.807) is 0 Å². The molecule has 0 aromatic heterocycles. The quantitative estimate of drug-likeness (QED) is 0.684. The maximum absolute atomic E-state index is 9.40. The van der Waals surface area contributed by atoms with Crippen LogP contribution in [-0.4, -0.2) is 35.7 Å². The monoisotopic (exact) mass is 201 g/mol. The minimum Gasteiger partial charge on any atom is -0.393 e. The molecule has 0 radical (unpaired) electrons.